The van der Waals surface area contributed by atoms with E-state index in [0.717, 1.165) is 64.2 Å². The third kappa shape index (κ3) is 3.91. The fraction of sp³-hybridized carbons (Fsp3) is 0.909. The molecule has 3 saturated carbocycles. The summed E-state index contributed by atoms with van der Waals surface area (Å²) in [5.41, 5.74) is -1.28. The average Bonchev–Trinajstić information content (AvgIpc) is 2.93. The molecule has 0 aromatic carbocycles. The number of hydrogen-bond donors (Lipinski definition) is 0. The van der Waals surface area contributed by atoms with Gasteiger partial charge >= 0.3 is 0 Å². The quantitative estimate of drug-likeness (QED) is 0.591. The molecule has 26 heavy (non-hydrogen) atoms. The molecule has 3 fully saturated rings. The van der Waals surface area contributed by atoms with Gasteiger partial charge in [0.25, 0.3) is 0 Å². The van der Waals surface area contributed by atoms with Crippen LogP contribution in [0.2, 0.25) is 0 Å². The summed E-state index contributed by atoms with van der Waals surface area (Å²) in [7, 11) is 0. The normalized spacial score (nSPS) is 29.7. The van der Waals surface area contributed by atoms with Crippen LogP contribution < -0.4 is 0 Å². The molecular formula is C22H36O4. The first-order valence-electron chi connectivity index (χ1n) is 10.6. The van der Waals surface area contributed by atoms with Crippen LogP contribution in [-0.2, 0) is 19.1 Å². The van der Waals surface area contributed by atoms with Crippen LogP contribution in [0.4, 0.5) is 0 Å². The van der Waals surface area contributed by atoms with Gasteiger partial charge in [-0.1, -0.05) is 6.92 Å². The molecule has 0 N–H and O–H groups in total. The molecule has 0 aliphatic heterocycles. The van der Waals surface area contributed by atoms with Crippen molar-refractivity contribution >= 4 is 11.6 Å². The summed E-state index contributed by atoms with van der Waals surface area (Å²) in [6.07, 6.45) is 10.2. The molecule has 0 radical (unpaired) electrons. The Morgan fingerprint density at radius 2 is 1.65 bits per heavy atom. The zero-order valence-electron chi connectivity index (χ0n) is 17.1. The summed E-state index contributed by atoms with van der Waals surface area (Å²) in [5.74, 6) is 0.843. The molecule has 0 aromatic heterocycles. The van der Waals surface area contributed by atoms with E-state index in [2.05, 4.69) is 20.8 Å². The molecule has 3 rings (SSSR count). The van der Waals surface area contributed by atoms with E-state index >= 15 is 0 Å². The van der Waals surface area contributed by atoms with Crippen LogP contribution in [0.25, 0.3) is 0 Å². The van der Waals surface area contributed by atoms with Gasteiger partial charge in [-0.2, -0.15) is 0 Å². The first-order chi connectivity index (χ1) is 12.2. The number of carbonyl (C=O) groups excluding carboxylic acids is 2. The Bertz CT molecular complexity index is 542. The second-order valence-electron chi connectivity index (χ2n) is 9.51. The minimum Gasteiger partial charge on any atom is -0.364 e. The highest BCUT2D eigenvalue weighted by molar-refractivity contribution is 5.88. The fourth-order valence-electron chi connectivity index (χ4n) is 4.68. The van der Waals surface area contributed by atoms with Crippen LogP contribution >= 0.6 is 0 Å². The van der Waals surface area contributed by atoms with Gasteiger partial charge in [-0.25, -0.2) is 0 Å². The molecule has 4 heteroatoms. The first kappa shape index (κ1) is 20.0. The minimum atomic E-state index is -0.535. The number of rotatable bonds is 9. The molecule has 148 valence electrons. The van der Waals surface area contributed by atoms with Crippen LogP contribution in [0.1, 0.15) is 98.3 Å². The SMILES string of the molecule is CCC(C)(C)OC1(C(=O)CC2CCC(OC3(C(C)=O)CCC3)C2)CCC1. The molecule has 4 nitrogen and oxygen atoms in total. The number of ketones is 2. The van der Waals surface area contributed by atoms with Gasteiger partial charge in [-0.3, -0.25) is 9.59 Å². The molecule has 0 bridgehead atoms. The summed E-state index contributed by atoms with van der Waals surface area (Å²) >= 11 is 0. The van der Waals surface area contributed by atoms with Gasteiger partial charge in [-0.15, -0.1) is 0 Å². The maximum Gasteiger partial charge on any atom is 0.164 e. The van der Waals surface area contributed by atoms with E-state index in [9.17, 15) is 9.59 Å². The standard InChI is InChI=1S/C22H36O4/c1-5-20(3,4)26-22(12-7-13-22)19(24)15-17-8-9-18(14-17)25-21(16(2)23)10-6-11-21/h17-18H,5-15H2,1-4H3. The van der Waals surface area contributed by atoms with Crippen molar-refractivity contribution in [2.24, 2.45) is 5.92 Å². The zero-order chi connectivity index (χ0) is 19.0. The Morgan fingerprint density at radius 3 is 2.12 bits per heavy atom. The Labute approximate surface area is 158 Å². The van der Waals surface area contributed by atoms with Gasteiger partial charge in [0.1, 0.15) is 11.2 Å². The molecule has 3 aliphatic rings. The maximum atomic E-state index is 13.0. The van der Waals surface area contributed by atoms with Gasteiger partial charge in [-0.05, 0) is 90.9 Å². The Morgan fingerprint density at radius 1 is 1.04 bits per heavy atom. The third-order valence-electron chi connectivity index (χ3n) is 7.15. The minimum absolute atomic E-state index is 0.141. The number of ether oxygens (including phenoxy) is 2. The topological polar surface area (TPSA) is 52.6 Å². The lowest BCUT2D eigenvalue weighted by molar-refractivity contribution is -0.190. The smallest absolute Gasteiger partial charge is 0.164 e. The van der Waals surface area contributed by atoms with Crippen molar-refractivity contribution < 1.29 is 19.1 Å². The molecule has 0 heterocycles. The number of carbonyl (C=O) groups is 2. The molecule has 3 aliphatic carbocycles. The second-order valence-corrected chi connectivity index (χ2v) is 9.51. The van der Waals surface area contributed by atoms with Crippen molar-refractivity contribution in [1.82, 2.24) is 0 Å². The van der Waals surface area contributed by atoms with E-state index in [1.807, 2.05) is 0 Å². The molecule has 2 unspecified atom stereocenters. The Kier molecular flexibility index (Phi) is 5.66. The molecule has 2 atom stereocenters. The van der Waals surface area contributed by atoms with E-state index in [-0.39, 0.29) is 17.5 Å². The highest BCUT2D eigenvalue weighted by atomic mass is 16.5. The van der Waals surface area contributed by atoms with Gasteiger partial charge < -0.3 is 9.47 Å². The summed E-state index contributed by atoms with van der Waals surface area (Å²) in [4.78, 5) is 25.0. The Balaban J connectivity index is 1.53. The van der Waals surface area contributed by atoms with Gasteiger partial charge in [0.15, 0.2) is 11.6 Å². The largest absolute Gasteiger partial charge is 0.364 e. The average molecular weight is 365 g/mol. The summed E-state index contributed by atoms with van der Waals surface area (Å²) in [5, 5.41) is 0. The van der Waals surface area contributed by atoms with Crippen LogP contribution in [0.3, 0.4) is 0 Å². The van der Waals surface area contributed by atoms with E-state index in [1.165, 1.54) is 0 Å². The van der Waals surface area contributed by atoms with Crippen molar-refractivity contribution in [2.75, 3.05) is 0 Å². The number of Topliss-reactive ketones (excluding diaryl/α,β-unsaturated/α-hetero) is 2. The molecule has 0 spiro atoms. The fourth-order valence-corrected chi connectivity index (χ4v) is 4.68. The lowest BCUT2D eigenvalue weighted by Gasteiger charge is -2.46. The predicted molar refractivity (Wildman–Crippen MR) is 101 cm³/mol. The van der Waals surface area contributed by atoms with Crippen molar-refractivity contribution in [3.05, 3.63) is 0 Å². The maximum absolute atomic E-state index is 13.0. The van der Waals surface area contributed by atoms with Gasteiger partial charge in [0, 0.05) is 6.42 Å². The van der Waals surface area contributed by atoms with Crippen molar-refractivity contribution in [1.29, 1.82) is 0 Å². The molecule has 0 amide bonds. The lowest BCUT2D eigenvalue weighted by Crippen LogP contribution is -2.52. The zero-order valence-corrected chi connectivity index (χ0v) is 17.1. The molecular weight excluding hydrogens is 328 g/mol. The summed E-state index contributed by atoms with van der Waals surface area (Å²) < 4.78 is 12.6. The third-order valence-corrected chi connectivity index (χ3v) is 7.15. The van der Waals surface area contributed by atoms with Gasteiger partial charge in [0.05, 0.1) is 11.7 Å². The molecule has 0 saturated heterocycles. The van der Waals surface area contributed by atoms with Crippen LogP contribution in [0.15, 0.2) is 0 Å². The number of hydrogen-bond acceptors (Lipinski definition) is 4. The summed E-state index contributed by atoms with van der Waals surface area (Å²) in [6.45, 7) is 7.93. The monoisotopic (exact) mass is 364 g/mol. The van der Waals surface area contributed by atoms with E-state index < -0.39 is 11.2 Å². The van der Waals surface area contributed by atoms with E-state index in [1.54, 1.807) is 6.92 Å². The van der Waals surface area contributed by atoms with Crippen molar-refractivity contribution in [3.63, 3.8) is 0 Å². The highest BCUT2D eigenvalue weighted by Crippen LogP contribution is 2.45. The summed E-state index contributed by atoms with van der Waals surface area (Å²) in [6, 6.07) is 0. The first-order valence-corrected chi connectivity index (χ1v) is 10.6. The lowest BCUT2D eigenvalue weighted by atomic mass is 9.73. The Hall–Kier alpha value is -0.740. The van der Waals surface area contributed by atoms with Crippen LogP contribution in [0.5, 0.6) is 0 Å². The predicted octanol–water partition coefficient (Wildman–Crippen LogP) is 4.77. The van der Waals surface area contributed by atoms with Gasteiger partial charge in [0.2, 0.25) is 0 Å². The van der Waals surface area contributed by atoms with E-state index in [0.29, 0.717) is 18.1 Å². The second kappa shape index (κ2) is 7.35. The van der Waals surface area contributed by atoms with Crippen molar-refractivity contribution in [2.45, 2.75) is 121 Å². The van der Waals surface area contributed by atoms with Crippen LogP contribution in [0, 0.1) is 5.92 Å². The molecule has 0 aromatic rings. The van der Waals surface area contributed by atoms with E-state index in [4.69, 9.17) is 9.47 Å². The van der Waals surface area contributed by atoms with Crippen molar-refractivity contribution in [3.8, 4) is 0 Å². The highest BCUT2D eigenvalue weighted by Gasteiger charge is 2.49. The van der Waals surface area contributed by atoms with Crippen LogP contribution in [-0.4, -0.2) is 34.5 Å².